The first-order valence-corrected chi connectivity index (χ1v) is 9.64. The molecule has 0 spiro atoms. The zero-order valence-electron chi connectivity index (χ0n) is 17.3. The van der Waals surface area contributed by atoms with E-state index >= 15 is 0 Å². The van der Waals surface area contributed by atoms with Gasteiger partial charge >= 0.3 is 18.5 Å². The van der Waals surface area contributed by atoms with Crippen LogP contribution in [0.3, 0.4) is 0 Å². The van der Waals surface area contributed by atoms with Gasteiger partial charge in [-0.1, -0.05) is 0 Å². The van der Waals surface area contributed by atoms with Crippen molar-refractivity contribution in [1.29, 1.82) is 0 Å². The number of fused-ring (bicyclic) bond motifs is 1. The number of anilines is 1. The maximum Gasteiger partial charge on any atom is 0.416 e. The van der Waals surface area contributed by atoms with E-state index in [0.29, 0.717) is 12.1 Å². The van der Waals surface area contributed by atoms with Crippen molar-refractivity contribution in [3.05, 3.63) is 64.2 Å². The SMILES string of the molecule is CC1CC(N)(C(N)c2cc(C(F)(F)F)cc(C(F)(F)F)c2)c2cc(C(F)(F)F)ccc2N1C. The first-order chi connectivity index (χ1) is 14.9. The molecule has 0 amide bonds. The topological polar surface area (TPSA) is 55.3 Å². The molecule has 0 saturated carbocycles. The molecule has 0 bridgehead atoms. The van der Waals surface area contributed by atoms with Crippen molar-refractivity contribution in [3.8, 4) is 0 Å². The lowest BCUT2D eigenvalue weighted by Gasteiger charge is -2.47. The number of alkyl halides is 9. The van der Waals surface area contributed by atoms with Crippen LogP contribution in [0, 0.1) is 0 Å². The number of nitrogens with zero attached hydrogens (tertiary/aromatic N) is 1. The summed E-state index contributed by atoms with van der Waals surface area (Å²) in [7, 11) is 1.59. The zero-order chi connectivity index (χ0) is 25.1. The van der Waals surface area contributed by atoms with Crippen molar-refractivity contribution in [3.63, 3.8) is 0 Å². The van der Waals surface area contributed by atoms with Crippen molar-refractivity contribution in [2.75, 3.05) is 11.9 Å². The van der Waals surface area contributed by atoms with Crippen LogP contribution in [0.2, 0.25) is 0 Å². The standard InChI is InChI=1S/C21H20F9N3/c1-10-9-18(32,15-8-12(19(22,23)24)3-4-16(15)33(10)2)17(31)11-5-13(20(25,26)27)7-14(6-11)21(28,29)30/h3-8,10,17H,9,31-32H2,1-2H3. The number of halogens is 9. The molecule has 0 aromatic heterocycles. The fraction of sp³-hybridized carbons (Fsp3) is 0.429. The zero-order valence-corrected chi connectivity index (χ0v) is 17.3. The van der Waals surface area contributed by atoms with Gasteiger partial charge in [-0.05, 0) is 60.9 Å². The summed E-state index contributed by atoms with van der Waals surface area (Å²) < 4.78 is 120. The van der Waals surface area contributed by atoms with Gasteiger partial charge in [0.2, 0.25) is 0 Å². The molecule has 3 atom stereocenters. The second kappa shape index (κ2) is 7.79. The van der Waals surface area contributed by atoms with Gasteiger partial charge < -0.3 is 16.4 Å². The van der Waals surface area contributed by atoms with Gasteiger partial charge in [0.05, 0.1) is 28.3 Å². The van der Waals surface area contributed by atoms with Gasteiger partial charge in [0.25, 0.3) is 0 Å². The lowest BCUT2D eigenvalue weighted by atomic mass is 9.72. The van der Waals surface area contributed by atoms with Gasteiger partial charge in [0.1, 0.15) is 0 Å². The van der Waals surface area contributed by atoms with E-state index in [0.717, 1.165) is 18.2 Å². The van der Waals surface area contributed by atoms with Gasteiger partial charge in [0.15, 0.2) is 0 Å². The summed E-state index contributed by atoms with van der Waals surface area (Å²) >= 11 is 0. The van der Waals surface area contributed by atoms with Crippen molar-refractivity contribution in [2.45, 2.75) is 49.5 Å². The highest BCUT2D eigenvalue weighted by Crippen LogP contribution is 2.48. The predicted octanol–water partition coefficient (Wildman–Crippen LogP) is 5.83. The Kier molecular flexibility index (Phi) is 5.94. The summed E-state index contributed by atoms with van der Waals surface area (Å²) in [4.78, 5) is 1.63. The first kappa shape index (κ1) is 25.2. The van der Waals surface area contributed by atoms with Crippen LogP contribution in [-0.4, -0.2) is 13.1 Å². The number of rotatable bonds is 2. The fourth-order valence-corrected chi connectivity index (χ4v) is 4.12. The molecular weight excluding hydrogens is 465 g/mol. The molecule has 0 aliphatic carbocycles. The number of hydrogen-bond donors (Lipinski definition) is 2. The van der Waals surface area contributed by atoms with E-state index in [-0.39, 0.29) is 23.7 Å². The van der Waals surface area contributed by atoms with Crippen LogP contribution in [-0.2, 0) is 24.1 Å². The molecule has 1 aliphatic rings. The van der Waals surface area contributed by atoms with E-state index in [9.17, 15) is 39.5 Å². The highest BCUT2D eigenvalue weighted by atomic mass is 19.4. The molecule has 1 heterocycles. The van der Waals surface area contributed by atoms with Crippen molar-refractivity contribution in [2.24, 2.45) is 11.5 Å². The summed E-state index contributed by atoms with van der Waals surface area (Å²) in [5.41, 5.74) is 6.04. The average Bonchev–Trinajstić information content (AvgIpc) is 2.69. The van der Waals surface area contributed by atoms with E-state index in [4.69, 9.17) is 11.5 Å². The van der Waals surface area contributed by atoms with Crippen LogP contribution < -0.4 is 16.4 Å². The molecule has 3 nitrogen and oxygen atoms in total. The molecule has 12 heteroatoms. The quantitative estimate of drug-likeness (QED) is 0.527. The lowest BCUT2D eigenvalue weighted by Crippen LogP contribution is -2.55. The molecule has 0 saturated heterocycles. The summed E-state index contributed by atoms with van der Waals surface area (Å²) in [5.74, 6) is 0. The van der Waals surface area contributed by atoms with Crippen LogP contribution >= 0.6 is 0 Å². The third-order valence-corrected chi connectivity index (χ3v) is 6.02. The van der Waals surface area contributed by atoms with Crippen LogP contribution in [0.15, 0.2) is 36.4 Å². The third kappa shape index (κ3) is 4.63. The Balaban J connectivity index is 2.24. The second-order valence-corrected chi connectivity index (χ2v) is 8.25. The van der Waals surface area contributed by atoms with Crippen LogP contribution in [0.25, 0.3) is 0 Å². The number of benzene rings is 2. The van der Waals surface area contributed by atoms with Crippen LogP contribution in [0.4, 0.5) is 45.2 Å². The number of hydrogen-bond acceptors (Lipinski definition) is 3. The lowest BCUT2D eigenvalue weighted by molar-refractivity contribution is -0.143. The van der Waals surface area contributed by atoms with Crippen molar-refractivity contribution < 1.29 is 39.5 Å². The summed E-state index contributed by atoms with van der Waals surface area (Å²) in [6, 6.07) is 1.50. The van der Waals surface area contributed by atoms with E-state index < -0.39 is 58.4 Å². The molecule has 3 rings (SSSR count). The molecule has 4 N–H and O–H groups in total. The minimum atomic E-state index is -5.11. The van der Waals surface area contributed by atoms with Gasteiger partial charge in [-0.2, -0.15) is 39.5 Å². The summed E-state index contributed by atoms with van der Waals surface area (Å²) in [6.45, 7) is 1.67. The van der Waals surface area contributed by atoms with Crippen molar-refractivity contribution in [1.82, 2.24) is 0 Å². The van der Waals surface area contributed by atoms with Gasteiger partial charge in [-0.15, -0.1) is 0 Å². The van der Waals surface area contributed by atoms with Crippen molar-refractivity contribution >= 4 is 5.69 Å². The predicted molar refractivity (Wildman–Crippen MR) is 103 cm³/mol. The molecule has 33 heavy (non-hydrogen) atoms. The van der Waals surface area contributed by atoms with E-state index in [1.165, 1.54) is 0 Å². The molecule has 1 aliphatic heterocycles. The first-order valence-electron chi connectivity index (χ1n) is 9.64. The molecule has 3 unspecified atom stereocenters. The smallest absolute Gasteiger partial charge is 0.372 e. The largest absolute Gasteiger partial charge is 0.416 e. The average molecular weight is 485 g/mol. The van der Waals surface area contributed by atoms with E-state index in [2.05, 4.69) is 0 Å². The normalized spacial score (nSPS) is 22.8. The minimum absolute atomic E-state index is 0.0492. The molecule has 2 aromatic carbocycles. The Labute approximate surface area is 183 Å². The summed E-state index contributed by atoms with van der Waals surface area (Å²) in [5, 5.41) is 0. The Morgan fingerprint density at radius 2 is 1.33 bits per heavy atom. The summed E-state index contributed by atoms with van der Waals surface area (Å²) in [6.07, 6.45) is -15.1. The van der Waals surface area contributed by atoms with Gasteiger partial charge in [-0.25, -0.2) is 0 Å². The highest BCUT2D eigenvalue weighted by Gasteiger charge is 2.46. The maximum absolute atomic E-state index is 13.3. The number of nitrogens with two attached hydrogens (primary N) is 2. The molecule has 2 aromatic rings. The molecular formula is C21H20F9N3. The van der Waals surface area contributed by atoms with Crippen LogP contribution in [0.1, 0.15) is 47.2 Å². The molecule has 0 radical (unpaired) electrons. The Hall–Kier alpha value is -2.47. The second-order valence-electron chi connectivity index (χ2n) is 8.25. The third-order valence-electron chi connectivity index (χ3n) is 6.02. The van der Waals surface area contributed by atoms with Gasteiger partial charge in [-0.3, -0.25) is 0 Å². The Morgan fingerprint density at radius 1 is 0.848 bits per heavy atom. The van der Waals surface area contributed by atoms with Gasteiger partial charge in [0, 0.05) is 18.8 Å². The molecule has 0 fully saturated rings. The Bertz CT molecular complexity index is 1010. The highest BCUT2D eigenvalue weighted by molar-refractivity contribution is 5.62. The molecule has 182 valence electrons. The van der Waals surface area contributed by atoms with E-state index in [1.807, 2.05) is 0 Å². The fourth-order valence-electron chi connectivity index (χ4n) is 4.12. The van der Waals surface area contributed by atoms with E-state index in [1.54, 1.807) is 18.9 Å². The Morgan fingerprint density at radius 3 is 1.79 bits per heavy atom. The van der Waals surface area contributed by atoms with Crippen LogP contribution in [0.5, 0.6) is 0 Å². The maximum atomic E-state index is 13.3. The minimum Gasteiger partial charge on any atom is -0.372 e. The monoisotopic (exact) mass is 485 g/mol.